The first kappa shape index (κ1) is 13.4. The van der Waals surface area contributed by atoms with E-state index in [2.05, 4.69) is 34.8 Å². The van der Waals surface area contributed by atoms with Crippen molar-refractivity contribution in [2.45, 2.75) is 20.3 Å². The van der Waals surface area contributed by atoms with E-state index >= 15 is 0 Å². The molecule has 1 unspecified atom stereocenters. The molecule has 0 spiro atoms. The SMILES string of the molecule is CCOCCN(C)CC(CC)CBr. The van der Waals surface area contributed by atoms with Gasteiger partial charge in [-0.1, -0.05) is 29.3 Å². The molecule has 80 valence electrons. The van der Waals surface area contributed by atoms with E-state index < -0.39 is 0 Å². The Morgan fingerprint density at radius 2 is 2.08 bits per heavy atom. The molecule has 0 amide bonds. The molecule has 0 aliphatic carbocycles. The summed E-state index contributed by atoms with van der Waals surface area (Å²) < 4.78 is 5.30. The van der Waals surface area contributed by atoms with Crippen molar-refractivity contribution in [2.24, 2.45) is 5.92 Å². The molecule has 0 saturated heterocycles. The Morgan fingerprint density at radius 3 is 2.54 bits per heavy atom. The zero-order valence-corrected chi connectivity index (χ0v) is 10.6. The molecule has 1 atom stereocenters. The molecule has 13 heavy (non-hydrogen) atoms. The molecule has 0 aromatic heterocycles. The molecule has 0 aliphatic heterocycles. The van der Waals surface area contributed by atoms with E-state index in [0.29, 0.717) is 0 Å². The lowest BCUT2D eigenvalue weighted by atomic mass is 10.1. The fraction of sp³-hybridized carbons (Fsp3) is 1.00. The van der Waals surface area contributed by atoms with E-state index in [0.717, 1.165) is 37.6 Å². The topological polar surface area (TPSA) is 12.5 Å². The third-order valence-corrected chi connectivity index (χ3v) is 3.10. The highest BCUT2D eigenvalue weighted by atomic mass is 79.9. The molecular weight excluding hydrogens is 230 g/mol. The van der Waals surface area contributed by atoms with Crippen LogP contribution in [0.4, 0.5) is 0 Å². The molecule has 0 heterocycles. The van der Waals surface area contributed by atoms with Gasteiger partial charge in [0.1, 0.15) is 0 Å². The fourth-order valence-corrected chi connectivity index (χ4v) is 1.85. The number of hydrogen-bond acceptors (Lipinski definition) is 2. The predicted octanol–water partition coefficient (Wildman–Crippen LogP) is 2.38. The Bertz CT molecular complexity index is 107. The lowest BCUT2D eigenvalue weighted by Gasteiger charge is -2.21. The van der Waals surface area contributed by atoms with Gasteiger partial charge < -0.3 is 9.64 Å². The predicted molar refractivity (Wildman–Crippen MR) is 61.6 cm³/mol. The minimum atomic E-state index is 0.770. The van der Waals surface area contributed by atoms with Crippen LogP contribution in [0.1, 0.15) is 20.3 Å². The van der Waals surface area contributed by atoms with Crippen molar-refractivity contribution in [1.29, 1.82) is 0 Å². The van der Waals surface area contributed by atoms with Gasteiger partial charge in [-0.25, -0.2) is 0 Å². The molecule has 0 aromatic carbocycles. The molecule has 0 rings (SSSR count). The van der Waals surface area contributed by atoms with Gasteiger partial charge in [0.25, 0.3) is 0 Å². The van der Waals surface area contributed by atoms with Crippen molar-refractivity contribution in [1.82, 2.24) is 4.90 Å². The van der Waals surface area contributed by atoms with Crippen molar-refractivity contribution in [3.8, 4) is 0 Å². The molecule has 2 nitrogen and oxygen atoms in total. The van der Waals surface area contributed by atoms with Crippen LogP contribution in [0.5, 0.6) is 0 Å². The van der Waals surface area contributed by atoms with Crippen LogP contribution in [-0.4, -0.2) is 43.6 Å². The number of alkyl halides is 1. The zero-order valence-electron chi connectivity index (χ0n) is 9.05. The highest BCUT2D eigenvalue weighted by Gasteiger charge is 2.07. The minimum absolute atomic E-state index is 0.770. The Kier molecular flexibility index (Phi) is 9.25. The number of nitrogens with zero attached hydrogens (tertiary/aromatic N) is 1. The van der Waals surface area contributed by atoms with E-state index in [1.165, 1.54) is 6.42 Å². The Balaban J connectivity index is 3.42. The largest absolute Gasteiger partial charge is 0.380 e. The summed E-state index contributed by atoms with van der Waals surface area (Å²) >= 11 is 3.53. The van der Waals surface area contributed by atoms with Gasteiger partial charge >= 0.3 is 0 Å². The van der Waals surface area contributed by atoms with Crippen LogP contribution < -0.4 is 0 Å². The minimum Gasteiger partial charge on any atom is -0.380 e. The third-order valence-electron chi connectivity index (χ3n) is 2.19. The van der Waals surface area contributed by atoms with Gasteiger partial charge in [0.15, 0.2) is 0 Å². The second kappa shape index (κ2) is 8.97. The highest BCUT2D eigenvalue weighted by Crippen LogP contribution is 2.07. The number of ether oxygens (including phenoxy) is 1. The summed E-state index contributed by atoms with van der Waals surface area (Å²) in [4.78, 5) is 2.34. The van der Waals surface area contributed by atoms with Crippen LogP contribution in [0.15, 0.2) is 0 Å². The highest BCUT2D eigenvalue weighted by molar-refractivity contribution is 9.09. The quantitative estimate of drug-likeness (QED) is 0.485. The van der Waals surface area contributed by atoms with Gasteiger partial charge in [-0.3, -0.25) is 0 Å². The lowest BCUT2D eigenvalue weighted by Crippen LogP contribution is -2.29. The first-order valence-electron chi connectivity index (χ1n) is 5.06. The summed E-state index contributed by atoms with van der Waals surface area (Å²) in [5.74, 6) is 0.770. The van der Waals surface area contributed by atoms with Crippen LogP contribution in [0.3, 0.4) is 0 Å². The molecular formula is C10H22BrNO. The second-order valence-electron chi connectivity index (χ2n) is 3.39. The maximum absolute atomic E-state index is 5.30. The maximum Gasteiger partial charge on any atom is 0.0593 e. The monoisotopic (exact) mass is 251 g/mol. The van der Waals surface area contributed by atoms with Crippen molar-refractivity contribution >= 4 is 15.9 Å². The summed E-state index contributed by atoms with van der Waals surface area (Å²) in [6.45, 7) is 8.15. The molecule has 0 aromatic rings. The Labute approximate surface area is 90.8 Å². The number of rotatable bonds is 8. The first-order valence-corrected chi connectivity index (χ1v) is 6.18. The normalized spacial score (nSPS) is 13.6. The Hall–Kier alpha value is 0.400. The van der Waals surface area contributed by atoms with Gasteiger partial charge in [0, 0.05) is 25.0 Å². The first-order chi connectivity index (χ1) is 6.24. The number of hydrogen-bond donors (Lipinski definition) is 0. The van der Waals surface area contributed by atoms with E-state index in [9.17, 15) is 0 Å². The van der Waals surface area contributed by atoms with Crippen LogP contribution in [0, 0.1) is 5.92 Å². The molecule has 0 saturated carbocycles. The summed E-state index contributed by atoms with van der Waals surface area (Å²) in [6.07, 6.45) is 1.24. The van der Waals surface area contributed by atoms with Crippen molar-refractivity contribution < 1.29 is 4.74 Å². The third kappa shape index (κ3) is 7.47. The van der Waals surface area contributed by atoms with Crippen LogP contribution in [-0.2, 0) is 4.74 Å². The number of halogens is 1. The van der Waals surface area contributed by atoms with Gasteiger partial charge in [0.05, 0.1) is 6.61 Å². The second-order valence-corrected chi connectivity index (χ2v) is 4.04. The number of likely N-dealkylation sites (N-methyl/N-ethyl adjacent to an activating group) is 1. The van der Waals surface area contributed by atoms with E-state index in [-0.39, 0.29) is 0 Å². The average Bonchev–Trinajstić information content (AvgIpc) is 2.14. The summed E-state index contributed by atoms with van der Waals surface area (Å²) in [6, 6.07) is 0. The van der Waals surface area contributed by atoms with E-state index in [1.807, 2.05) is 6.92 Å². The van der Waals surface area contributed by atoms with Gasteiger partial charge in [-0.15, -0.1) is 0 Å². The maximum atomic E-state index is 5.30. The van der Waals surface area contributed by atoms with Crippen molar-refractivity contribution in [3.05, 3.63) is 0 Å². The van der Waals surface area contributed by atoms with E-state index in [4.69, 9.17) is 4.74 Å². The summed E-state index contributed by atoms with van der Waals surface area (Å²) in [7, 11) is 2.16. The zero-order chi connectivity index (χ0) is 10.1. The Morgan fingerprint density at radius 1 is 1.38 bits per heavy atom. The van der Waals surface area contributed by atoms with Gasteiger partial charge in [-0.05, 0) is 19.9 Å². The molecule has 0 bridgehead atoms. The van der Waals surface area contributed by atoms with Crippen LogP contribution >= 0.6 is 15.9 Å². The van der Waals surface area contributed by atoms with Gasteiger partial charge in [0.2, 0.25) is 0 Å². The molecule has 0 aliphatic rings. The summed E-state index contributed by atoms with van der Waals surface area (Å²) in [5, 5.41) is 1.10. The molecule has 3 heteroatoms. The van der Waals surface area contributed by atoms with Crippen molar-refractivity contribution in [2.75, 3.05) is 38.7 Å². The average molecular weight is 252 g/mol. The summed E-state index contributed by atoms with van der Waals surface area (Å²) in [5.41, 5.74) is 0. The fourth-order valence-electron chi connectivity index (χ4n) is 1.18. The smallest absolute Gasteiger partial charge is 0.0593 e. The molecule has 0 N–H and O–H groups in total. The van der Waals surface area contributed by atoms with E-state index in [1.54, 1.807) is 0 Å². The molecule has 0 fully saturated rings. The van der Waals surface area contributed by atoms with Crippen LogP contribution in [0.25, 0.3) is 0 Å². The van der Waals surface area contributed by atoms with Crippen molar-refractivity contribution in [3.63, 3.8) is 0 Å². The van der Waals surface area contributed by atoms with Crippen LogP contribution in [0.2, 0.25) is 0 Å². The van der Waals surface area contributed by atoms with Gasteiger partial charge in [-0.2, -0.15) is 0 Å². The molecule has 0 radical (unpaired) electrons. The standard InChI is InChI=1S/C10H22BrNO/c1-4-10(8-11)9-12(3)6-7-13-5-2/h10H,4-9H2,1-3H3. The lowest BCUT2D eigenvalue weighted by molar-refractivity contribution is 0.118.